The van der Waals surface area contributed by atoms with E-state index in [1.54, 1.807) is 0 Å². The summed E-state index contributed by atoms with van der Waals surface area (Å²) >= 11 is 4.42. The molecule has 0 saturated carbocycles. The fourth-order valence-corrected chi connectivity index (χ4v) is 3.28. The first-order valence-corrected chi connectivity index (χ1v) is 7.18. The van der Waals surface area contributed by atoms with Crippen LogP contribution >= 0.6 is 34.4 Å². The highest BCUT2D eigenvalue weighted by Crippen LogP contribution is 2.21. The summed E-state index contributed by atoms with van der Waals surface area (Å²) in [7, 11) is 0. The number of anilines is 1. The second-order valence-electron chi connectivity index (χ2n) is 3.57. The third kappa shape index (κ3) is 3.05. The van der Waals surface area contributed by atoms with Gasteiger partial charge < -0.3 is 5.32 Å². The van der Waals surface area contributed by atoms with Crippen LogP contribution in [0, 0.1) is 3.57 Å². The minimum absolute atomic E-state index is 0.673. The van der Waals surface area contributed by atoms with Crippen LogP contribution in [0.2, 0.25) is 0 Å². The van der Waals surface area contributed by atoms with Gasteiger partial charge in [-0.15, -0.1) is 0 Å². The smallest absolute Gasteiger partial charge is 0.0353 e. The largest absolute Gasteiger partial charge is 0.381 e. The molecule has 1 atom stereocenters. The summed E-state index contributed by atoms with van der Waals surface area (Å²) in [5.74, 6) is 2.59. The molecule has 1 aromatic rings. The van der Waals surface area contributed by atoms with Gasteiger partial charge in [-0.2, -0.15) is 11.8 Å². The third-order valence-electron chi connectivity index (χ3n) is 2.36. The number of hydrogen-bond donors (Lipinski definition) is 1. The summed E-state index contributed by atoms with van der Waals surface area (Å²) in [6.07, 6.45) is 2.67. The number of hydrogen-bond acceptors (Lipinski definition) is 2. The van der Waals surface area contributed by atoms with Crippen molar-refractivity contribution in [3.63, 3.8) is 0 Å². The van der Waals surface area contributed by atoms with Gasteiger partial charge in [-0.05, 0) is 59.4 Å². The summed E-state index contributed by atoms with van der Waals surface area (Å²) in [4.78, 5) is 0. The van der Waals surface area contributed by atoms with E-state index in [0.717, 1.165) is 0 Å². The fraction of sp³-hybridized carbons (Fsp3) is 0.455. The van der Waals surface area contributed by atoms with E-state index in [0.29, 0.717) is 6.04 Å². The summed E-state index contributed by atoms with van der Waals surface area (Å²) in [5, 5.41) is 3.60. The molecule has 1 heterocycles. The molecule has 1 aliphatic rings. The monoisotopic (exact) mass is 319 g/mol. The van der Waals surface area contributed by atoms with Crippen molar-refractivity contribution in [3.05, 3.63) is 27.8 Å². The van der Waals surface area contributed by atoms with Crippen molar-refractivity contribution in [2.75, 3.05) is 16.8 Å². The van der Waals surface area contributed by atoms with Gasteiger partial charge in [0.2, 0.25) is 0 Å². The molecule has 0 radical (unpaired) electrons. The maximum Gasteiger partial charge on any atom is 0.0353 e. The number of nitrogens with one attached hydrogen (secondary N) is 1. The maximum atomic E-state index is 3.60. The lowest BCUT2D eigenvalue weighted by Crippen LogP contribution is -2.25. The molecule has 0 spiro atoms. The molecule has 1 saturated heterocycles. The van der Waals surface area contributed by atoms with Crippen LogP contribution in [-0.4, -0.2) is 17.5 Å². The Bertz CT molecular complexity index is 297. The molecule has 1 aromatic carbocycles. The van der Waals surface area contributed by atoms with E-state index in [4.69, 9.17) is 0 Å². The normalized spacial score (nSPS) is 21.9. The molecule has 1 unspecified atom stereocenters. The summed E-state index contributed by atoms with van der Waals surface area (Å²) in [5.41, 5.74) is 1.27. The minimum atomic E-state index is 0.673. The first-order chi connectivity index (χ1) is 6.84. The lowest BCUT2D eigenvalue weighted by atomic mass is 10.2. The molecule has 14 heavy (non-hydrogen) atoms. The number of rotatable bonds is 2. The predicted molar refractivity (Wildman–Crippen MR) is 73.1 cm³/mol. The Labute approximate surface area is 103 Å². The molecule has 1 nitrogen and oxygen atoms in total. The van der Waals surface area contributed by atoms with E-state index in [1.165, 1.54) is 33.6 Å². The van der Waals surface area contributed by atoms with Gasteiger partial charge in [0, 0.05) is 21.1 Å². The Hall–Kier alpha value is 0.1000. The molecule has 0 bridgehead atoms. The van der Waals surface area contributed by atoms with Gasteiger partial charge in [0.05, 0.1) is 0 Å². The molecule has 0 amide bonds. The van der Waals surface area contributed by atoms with Crippen molar-refractivity contribution in [2.45, 2.75) is 18.9 Å². The molecular weight excluding hydrogens is 305 g/mol. The Morgan fingerprint density at radius 3 is 3.07 bits per heavy atom. The molecular formula is C11H14INS. The van der Waals surface area contributed by atoms with Crippen LogP contribution in [0.25, 0.3) is 0 Å². The average Bonchev–Trinajstić information content (AvgIpc) is 2.19. The van der Waals surface area contributed by atoms with E-state index in [2.05, 4.69) is 63.9 Å². The first-order valence-electron chi connectivity index (χ1n) is 4.94. The van der Waals surface area contributed by atoms with Crippen LogP contribution < -0.4 is 5.32 Å². The van der Waals surface area contributed by atoms with Gasteiger partial charge in [-0.3, -0.25) is 0 Å². The highest BCUT2D eigenvalue weighted by Gasteiger charge is 2.12. The Morgan fingerprint density at radius 2 is 2.36 bits per heavy atom. The molecule has 1 aliphatic heterocycles. The standard InChI is InChI=1S/C11H14INS/c12-9-3-1-4-10(7-9)13-11-5-2-6-14-8-11/h1,3-4,7,11,13H,2,5-6,8H2. The first kappa shape index (κ1) is 10.6. The minimum Gasteiger partial charge on any atom is -0.381 e. The second-order valence-corrected chi connectivity index (χ2v) is 5.96. The summed E-state index contributed by atoms with van der Waals surface area (Å²) < 4.78 is 1.30. The van der Waals surface area contributed by atoms with Crippen LogP contribution in [0.15, 0.2) is 24.3 Å². The summed E-state index contributed by atoms with van der Waals surface area (Å²) in [6.45, 7) is 0. The molecule has 2 rings (SSSR count). The van der Waals surface area contributed by atoms with Gasteiger partial charge in [-0.1, -0.05) is 6.07 Å². The molecule has 76 valence electrons. The van der Waals surface area contributed by atoms with Crippen LogP contribution in [-0.2, 0) is 0 Å². The van der Waals surface area contributed by atoms with Crippen molar-refractivity contribution >= 4 is 40.0 Å². The third-order valence-corrected chi connectivity index (χ3v) is 4.24. The average molecular weight is 319 g/mol. The van der Waals surface area contributed by atoms with Gasteiger partial charge in [-0.25, -0.2) is 0 Å². The van der Waals surface area contributed by atoms with Crippen molar-refractivity contribution in [1.29, 1.82) is 0 Å². The quantitative estimate of drug-likeness (QED) is 0.836. The molecule has 0 aromatic heterocycles. The molecule has 3 heteroatoms. The lowest BCUT2D eigenvalue weighted by molar-refractivity contribution is 0.685. The highest BCUT2D eigenvalue weighted by atomic mass is 127. The van der Waals surface area contributed by atoms with Gasteiger partial charge in [0.25, 0.3) is 0 Å². The van der Waals surface area contributed by atoms with E-state index in [-0.39, 0.29) is 0 Å². The van der Waals surface area contributed by atoms with E-state index in [9.17, 15) is 0 Å². The van der Waals surface area contributed by atoms with Crippen LogP contribution in [0.3, 0.4) is 0 Å². The van der Waals surface area contributed by atoms with Crippen LogP contribution in [0.4, 0.5) is 5.69 Å². The van der Waals surface area contributed by atoms with Crippen molar-refractivity contribution in [3.8, 4) is 0 Å². The topological polar surface area (TPSA) is 12.0 Å². The maximum absolute atomic E-state index is 3.60. The van der Waals surface area contributed by atoms with Gasteiger partial charge in [0.15, 0.2) is 0 Å². The molecule has 1 fully saturated rings. The number of benzene rings is 1. The number of thioether (sulfide) groups is 1. The predicted octanol–water partition coefficient (Wildman–Crippen LogP) is 3.60. The van der Waals surface area contributed by atoms with Crippen LogP contribution in [0.5, 0.6) is 0 Å². The Morgan fingerprint density at radius 1 is 1.43 bits per heavy atom. The van der Waals surface area contributed by atoms with E-state index >= 15 is 0 Å². The van der Waals surface area contributed by atoms with Crippen LogP contribution in [0.1, 0.15) is 12.8 Å². The highest BCUT2D eigenvalue weighted by molar-refractivity contribution is 14.1. The summed E-state index contributed by atoms with van der Waals surface area (Å²) in [6, 6.07) is 9.27. The Kier molecular flexibility index (Phi) is 3.99. The zero-order chi connectivity index (χ0) is 9.80. The second kappa shape index (κ2) is 5.26. The molecule has 0 aliphatic carbocycles. The fourth-order valence-electron chi connectivity index (χ4n) is 1.67. The van der Waals surface area contributed by atoms with Gasteiger partial charge >= 0.3 is 0 Å². The SMILES string of the molecule is Ic1cccc(NC2CCCSC2)c1. The zero-order valence-corrected chi connectivity index (χ0v) is 11.0. The lowest BCUT2D eigenvalue weighted by Gasteiger charge is -2.23. The van der Waals surface area contributed by atoms with Crippen molar-refractivity contribution in [2.24, 2.45) is 0 Å². The van der Waals surface area contributed by atoms with Crippen molar-refractivity contribution < 1.29 is 0 Å². The van der Waals surface area contributed by atoms with Gasteiger partial charge in [0.1, 0.15) is 0 Å². The number of halogens is 1. The molecule has 1 N–H and O–H groups in total. The Balaban J connectivity index is 1.95. The zero-order valence-electron chi connectivity index (χ0n) is 8.00. The van der Waals surface area contributed by atoms with E-state index < -0.39 is 0 Å². The van der Waals surface area contributed by atoms with E-state index in [1.807, 2.05) is 0 Å². The van der Waals surface area contributed by atoms with Crippen molar-refractivity contribution in [1.82, 2.24) is 0 Å².